The third kappa shape index (κ3) is 5.59. The Morgan fingerprint density at radius 1 is 0.929 bits per heavy atom. The number of nitrogens with zero attached hydrogens (tertiary/aromatic N) is 1. The Kier molecular flexibility index (Phi) is 7.10. The van der Waals surface area contributed by atoms with Gasteiger partial charge >= 0.3 is 0 Å². The van der Waals surface area contributed by atoms with Crippen molar-refractivity contribution in [2.45, 2.75) is 64.2 Å². The lowest BCUT2D eigenvalue weighted by molar-refractivity contribution is 0.528. The van der Waals surface area contributed by atoms with E-state index in [1.165, 1.54) is 11.1 Å². The number of benzene rings is 2. The first-order valence-electron chi connectivity index (χ1n) is 10.5. The van der Waals surface area contributed by atoms with Crippen molar-refractivity contribution in [2.75, 3.05) is 6.54 Å². The topological polar surface area (TPSA) is 48.5 Å². The van der Waals surface area contributed by atoms with Crippen molar-refractivity contribution in [3.63, 3.8) is 0 Å². The summed E-state index contributed by atoms with van der Waals surface area (Å²) in [5.41, 5.74) is 2.73. The third-order valence-electron chi connectivity index (χ3n) is 5.04. The maximum absolute atomic E-state index is 4.73. The Morgan fingerprint density at radius 3 is 2.00 bits per heavy atom. The molecule has 0 bridgehead atoms. The lowest BCUT2D eigenvalue weighted by Crippen LogP contribution is -2.47. The monoisotopic (exact) mass is 378 g/mol. The van der Waals surface area contributed by atoms with Gasteiger partial charge in [-0.15, -0.1) is 0 Å². The minimum atomic E-state index is 0.264. The molecule has 0 amide bonds. The van der Waals surface area contributed by atoms with Crippen LogP contribution in [0.4, 0.5) is 0 Å². The minimum Gasteiger partial charge on any atom is -0.354 e. The van der Waals surface area contributed by atoms with E-state index in [1.54, 1.807) is 0 Å². The second-order valence-corrected chi connectivity index (χ2v) is 8.26. The van der Waals surface area contributed by atoms with Crippen molar-refractivity contribution in [1.29, 1.82) is 0 Å². The summed E-state index contributed by atoms with van der Waals surface area (Å²) in [6, 6.07) is 23.1. The van der Waals surface area contributed by atoms with Crippen LogP contribution in [0.25, 0.3) is 0 Å². The van der Waals surface area contributed by atoms with Gasteiger partial charge in [0.1, 0.15) is 0 Å². The Bertz CT molecular complexity index is 700. The first kappa shape index (κ1) is 20.4. The molecule has 3 N–H and O–H groups in total. The van der Waals surface area contributed by atoms with Crippen LogP contribution in [0.15, 0.2) is 65.7 Å². The molecule has 2 atom stereocenters. The van der Waals surface area contributed by atoms with Crippen LogP contribution in [0, 0.1) is 0 Å². The molecular weight excluding hydrogens is 344 g/mol. The van der Waals surface area contributed by atoms with Crippen LogP contribution in [-0.2, 0) is 0 Å². The lowest BCUT2D eigenvalue weighted by Gasteiger charge is -2.25. The maximum atomic E-state index is 4.73. The SMILES string of the molecule is CC(C)/N=C(\NC(C)C)N[C@@H]1CN[C@@H](C(c2ccccc2)c2ccccc2)C1. The maximum Gasteiger partial charge on any atom is 0.191 e. The molecule has 0 radical (unpaired) electrons. The highest BCUT2D eigenvalue weighted by atomic mass is 15.2. The van der Waals surface area contributed by atoms with Crippen molar-refractivity contribution in [2.24, 2.45) is 4.99 Å². The molecule has 2 aromatic rings. The molecule has 4 nitrogen and oxygen atoms in total. The molecule has 4 heteroatoms. The zero-order valence-electron chi connectivity index (χ0n) is 17.5. The van der Waals surface area contributed by atoms with Crippen LogP contribution >= 0.6 is 0 Å². The summed E-state index contributed by atoms with van der Waals surface area (Å²) >= 11 is 0. The first-order valence-corrected chi connectivity index (χ1v) is 10.5. The highest BCUT2D eigenvalue weighted by molar-refractivity contribution is 5.80. The predicted molar refractivity (Wildman–Crippen MR) is 119 cm³/mol. The molecule has 1 fully saturated rings. The van der Waals surface area contributed by atoms with E-state index in [-0.39, 0.29) is 6.04 Å². The van der Waals surface area contributed by atoms with Gasteiger partial charge in [0.05, 0.1) is 0 Å². The van der Waals surface area contributed by atoms with Crippen molar-refractivity contribution in [3.05, 3.63) is 71.8 Å². The molecule has 3 rings (SSSR count). The van der Waals surface area contributed by atoms with Crippen LogP contribution in [0.1, 0.15) is 51.2 Å². The average Bonchev–Trinajstić information content (AvgIpc) is 3.10. The molecule has 0 saturated carbocycles. The zero-order chi connectivity index (χ0) is 19.9. The third-order valence-corrected chi connectivity index (χ3v) is 5.04. The molecule has 2 aromatic carbocycles. The van der Waals surface area contributed by atoms with Gasteiger partial charge in [0, 0.05) is 36.6 Å². The Hall–Kier alpha value is -2.33. The quantitative estimate of drug-likeness (QED) is 0.528. The normalized spacial score (nSPS) is 20.2. The Labute approximate surface area is 169 Å². The van der Waals surface area contributed by atoms with Gasteiger partial charge in [0.15, 0.2) is 5.96 Å². The molecular formula is C24H34N4. The second kappa shape index (κ2) is 9.74. The van der Waals surface area contributed by atoms with Gasteiger partial charge in [-0.1, -0.05) is 60.7 Å². The van der Waals surface area contributed by atoms with Gasteiger partial charge in [-0.3, -0.25) is 4.99 Å². The second-order valence-electron chi connectivity index (χ2n) is 8.26. The highest BCUT2D eigenvalue weighted by Crippen LogP contribution is 2.32. The van der Waals surface area contributed by atoms with E-state index < -0.39 is 0 Å². The number of guanidine groups is 1. The molecule has 1 aliphatic rings. The highest BCUT2D eigenvalue weighted by Gasteiger charge is 2.32. The largest absolute Gasteiger partial charge is 0.354 e. The molecule has 0 aromatic heterocycles. The molecule has 0 unspecified atom stereocenters. The first-order chi connectivity index (χ1) is 13.5. The fraction of sp³-hybridized carbons (Fsp3) is 0.458. The van der Waals surface area contributed by atoms with Gasteiger partial charge in [0.2, 0.25) is 0 Å². The minimum absolute atomic E-state index is 0.264. The average molecular weight is 379 g/mol. The number of hydrogen-bond donors (Lipinski definition) is 3. The van der Waals surface area contributed by atoms with E-state index >= 15 is 0 Å². The van der Waals surface area contributed by atoms with Crippen molar-refractivity contribution in [1.82, 2.24) is 16.0 Å². The summed E-state index contributed by atoms with van der Waals surface area (Å²) in [4.78, 5) is 4.73. The smallest absolute Gasteiger partial charge is 0.191 e. The Balaban J connectivity index is 1.76. The van der Waals surface area contributed by atoms with Crippen LogP contribution in [-0.4, -0.2) is 36.7 Å². The van der Waals surface area contributed by atoms with E-state index in [4.69, 9.17) is 4.99 Å². The van der Waals surface area contributed by atoms with E-state index in [9.17, 15) is 0 Å². The lowest BCUT2D eigenvalue weighted by atomic mass is 9.84. The number of rotatable bonds is 6. The summed E-state index contributed by atoms with van der Waals surface area (Å²) in [6.07, 6.45) is 1.06. The van der Waals surface area contributed by atoms with Gasteiger partial charge in [-0.05, 0) is 45.2 Å². The van der Waals surface area contributed by atoms with Crippen molar-refractivity contribution < 1.29 is 0 Å². The molecule has 0 spiro atoms. The van der Waals surface area contributed by atoms with E-state index in [0.29, 0.717) is 24.0 Å². The molecule has 1 heterocycles. The number of hydrogen-bond acceptors (Lipinski definition) is 2. The van der Waals surface area contributed by atoms with E-state index in [1.807, 2.05) is 0 Å². The van der Waals surface area contributed by atoms with Gasteiger partial charge in [-0.25, -0.2) is 0 Å². The van der Waals surface area contributed by atoms with Crippen molar-refractivity contribution in [3.8, 4) is 0 Å². The van der Waals surface area contributed by atoms with Gasteiger partial charge in [-0.2, -0.15) is 0 Å². The van der Waals surface area contributed by atoms with E-state index in [2.05, 4.69) is 104 Å². The van der Waals surface area contributed by atoms with Gasteiger partial charge in [0.25, 0.3) is 0 Å². The van der Waals surface area contributed by atoms with Crippen LogP contribution in [0.3, 0.4) is 0 Å². The fourth-order valence-electron chi connectivity index (χ4n) is 3.95. The summed E-state index contributed by atoms with van der Waals surface area (Å²) in [5, 5.41) is 10.9. The van der Waals surface area contributed by atoms with Gasteiger partial charge < -0.3 is 16.0 Å². The molecule has 1 saturated heterocycles. The van der Waals surface area contributed by atoms with E-state index in [0.717, 1.165) is 18.9 Å². The molecule has 150 valence electrons. The van der Waals surface area contributed by atoms with Crippen molar-refractivity contribution >= 4 is 5.96 Å². The molecule has 28 heavy (non-hydrogen) atoms. The Morgan fingerprint density at radius 2 is 1.50 bits per heavy atom. The summed E-state index contributed by atoms with van der Waals surface area (Å²) in [6.45, 7) is 9.46. The summed E-state index contributed by atoms with van der Waals surface area (Å²) in [7, 11) is 0. The number of nitrogens with one attached hydrogen (secondary N) is 3. The molecule has 1 aliphatic heterocycles. The summed E-state index contributed by atoms with van der Waals surface area (Å²) < 4.78 is 0. The fourth-order valence-corrected chi connectivity index (χ4v) is 3.95. The molecule has 0 aliphatic carbocycles. The predicted octanol–water partition coefficient (Wildman–Crippen LogP) is 3.90. The summed E-state index contributed by atoms with van der Waals surface area (Å²) in [5.74, 6) is 1.26. The van der Waals surface area contributed by atoms with Crippen LogP contribution in [0.2, 0.25) is 0 Å². The standard InChI is InChI=1S/C24H34N4/c1-17(2)26-24(27-18(3)4)28-21-15-22(25-16-21)23(19-11-7-5-8-12-19)20-13-9-6-10-14-20/h5-14,17-18,21-23,25H,15-16H2,1-4H3,(H2,26,27,28)/t21-,22+/m0/s1. The van der Waals surface area contributed by atoms with Crippen LogP contribution < -0.4 is 16.0 Å². The zero-order valence-corrected chi connectivity index (χ0v) is 17.5. The van der Waals surface area contributed by atoms with Crippen LogP contribution in [0.5, 0.6) is 0 Å². The number of aliphatic imine (C=N–C) groups is 1.